The second-order valence-electron chi connectivity index (χ2n) is 4.88. The predicted octanol–water partition coefficient (Wildman–Crippen LogP) is 4.11. The van der Waals surface area contributed by atoms with Crippen molar-refractivity contribution in [3.05, 3.63) is 24.2 Å². The molecule has 0 fully saturated rings. The maximum absolute atomic E-state index is 5.33. The standard InChI is InChI=1S/C15H27NOS/c1-14(9-10-15-8-7-12-17-15)16-11-5-3-4-6-13-18-2/h7-8,12,14,16H,3-6,9-11,13H2,1-2H3. The van der Waals surface area contributed by atoms with E-state index in [4.69, 9.17) is 4.42 Å². The lowest BCUT2D eigenvalue weighted by atomic mass is 10.1. The molecule has 1 rings (SSSR count). The van der Waals surface area contributed by atoms with E-state index in [-0.39, 0.29) is 0 Å². The Morgan fingerprint density at radius 1 is 1.28 bits per heavy atom. The van der Waals surface area contributed by atoms with Crippen molar-refractivity contribution in [2.24, 2.45) is 0 Å². The molecule has 0 aliphatic carbocycles. The maximum atomic E-state index is 5.33. The van der Waals surface area contributed by atoms with Crippen LogP contribution in [0.25, 0.3) is 0 Å². The van der Waals surface area contributed by atoms with Gasteiger partial charge in [-0.2, -0.15) is 11.8 Å². The van der Waals surface area contributed by atoms with Gasteiger partial charge in [0.25, 0.3) is 0 Å². The van der Waals surface area contributed by atoms with Crippen LogP contribution >= 0.6 is 11.8 Å². The van der Waals surface area contributed by atoms with E-state index in [1.165, 1.54) is 31.4 Å². The quantitative estimate of drug-likeness (QED) is 0.612. The Morgan fingerprint density at radius 3 is 2.83 bits per heavy atom. The second kappa shape index (κ2) is 10.5. The van der Waals surface area contributed by atoms with E-state index < -0.39 is 0 Å². The number of thioether (sulfide) groups is 1. The Labute approximate surface area is 116 Å². The molecule has 3 heteroatoms. The van der Waals surface area contributed by atoms with Crippen molar-refractivity contribution >= 4 is 11.8 Å². The third-order valence-electron chi connectivity index (χ3n) is 3.17. The highest BCUT2D eigenvalue weighted by Gasteiger charge is 2.03. The smallest absolute Gasteiger partial charge is 0.103 e. The Balaban J connectivity index is 1.89. The molecule has 0 aromatic carbocycles. The fourth-order valence-electron chi connectivity index (χ4n) is 1.99. The number of aryl methyl sites for hydroxylation is 1. The summed E-state index contributed by atoms with van der Waals surface area (Å²) in [6.07, 6.45) is 11.5. The van der Waals surface area contributed by atoms with E-state index in [1.807, 2.05) is 17.8 Å². The van der Waals surface area contributed by atoms with Crippen LogP contribution in [-0.2, 0) is 6.42 Å². The fourth-order valence-corrected chi connectivity index (χ4v) is 2.48. The molecule has 1 N–H and O–H groups in total. The van der Waals surface area contributed by atoms with E-state index in [9.17, 15) is 0 Å². The topological polar surface area (TPSA) is 25.2 Å². The summed E-state index contributed by atoms with van der Waals surface area (Å²) in [7, 11) is 0. The van der Waals surface area contributed by atoms with Gasteiger partial charge in [-0.3, -0.25) is 0 Å². The molecule has 0 aliphatic heterocycles. The monoisotopic (exact) mass is 269 g/mol. The van der Waals surface area contributed by atoms with Crippen LogP contribution < -0.4 is 5.32 Å². The van der Waals surface area contributed by atoms with Gasteiger partial charge in [-0.1, -0.05) is 12.8 Å². The molecule has 18 heavy (non-hydrogen) atoms. The second-order valence-corrected chi connectivity index (χ2v) is 5.87. The van der Waals surface area contributed by atoms with E-state index >= 15 is 0 Å². The fraction of sp³-hybridized carbons (Fsp3) is 0.733. The maximum Gasteiger partial charge on any atom is 0.103 e. The van der Waals surface area contributed by atoms with Gasteiger partial charge in [0.15, 0.2) is 0 Å². The van der Waals surface area contributed by atoms with Gasteiger partial charge in [0.2, 0.25) is 0 Å². The van der Waals surface area contributed by atoms with Crippen molar-refractivity contribution in [2.45, 2.75) is 51.5 Å². The first-order valence-electron chi connectivity index (χ1n) is 7.07. The molecule has 0 saturated carbocycles. The molecule has 0 saturated heterocycles. The Bertz CT molecular complexity index is 274. The molecule has 1 aromatic rings. The highest BCUT2D eigenvalue weighted by Crippen LogP contribution is 2.07. The van der Waals surface area contributed by atoms with E-state index in [2.05, 4.69) is 24.6 Å². The third-order valence-corrected chi connectivity index (χ3v) is 3.87. The van der Waals surface area contributed by atoms with Gasteiger partial charge in [-0.25, -0.2) is 0 Å². The molecule has 0 amide bonds. The van der Waals surface area contributed by atoms with Crippen molar-refractivity contribution in [2.75, 3.05) is 18.6 Å². The Hall–Kier alpha value is -0.410. The summed E-state index contributed by atoms with van der Waals surface area (Å²) in [4.78, 5) is 0. The van der Waals surface area contributed by atoms with E-state index in [1.54, 1.807) is 6.26 Å². The highest BCUT2D eigenvalue weighted by atomic mass is 32.2. The van der Waals surface area contributed by atoms with Gasteiger partial charge < -0.3 is 9.73 Å². The largest absolute Gasteiger partial charge is 0.469 e. The predicted molar refractivity (Wildman–Crippen MR) is 81.3 cm³/mol. The number of furan rings is 1. The normalized spacial score (nSPS) is 12.8. The molecule has 2 nitrogen and oxygen atoms in total. The Morgan fingerprint density at radius 2 is 2.11 bits per heavy atom. The number of rotatable bonds is 11. The molecule has 1 aromatic heterocycles. The molecule has 1 heterocycles. The average molecular weight is 269 g/mol. The van der Waals surface area contributed by atoms with Crippen LogP contribution in [0.4, 0.5) is 0 Å². The Kier molecular flexibility index (Phi) is 9.13. The lowest BCUT2D eigenvalue weighted by Gasteiger charge is -2.12. The lowest BCUT2D eigenvalue weighted by Crippen LogP contribution is -2.27. The van der Waals surface area contributed by atoms with Gasteiger partial charge >= 0.3 is 0 Å². The van der Waals surface area contributed by atoms with Gasteiger partial charge in [0, 0.05) is 12.5 Å². The summed E-state index contributed by atoms with van der Waals surface area (Å²) in [6.45, 7) is 3.41. The van der Waals surface area contributed by atoms with Gasteiger partial charge in [0.1, 0.15) is 5.76 Å². The zero-order valence-electron chi connectivity index (χ0n) is 11.8. The van der Waals surface area contributed by atoms with Gasteiger partial charge in [-0.15, -0.1) is 0 Å². The zero-order chi connectivity index (χ0) is 13.1. The summed E-state index contributed by atoms with van der Waals surface area (Å²) in [6, 6.07) is 4.60. The van der Waals surface area contributed by atoms with Crippen LogP contribution in [0, 0.1) is 0 Å². The van der Waals surface area contributed by atoms with Crippen molar-refractivity contribution in [1.82, 2.24) is 5.32 Å². The summed E-state index contributed by atoms with van der Waals surface area (Å²) in [5, 5.41) is 3.59. The molecule has 1 unspecified atom stereocenters. The van der Waals surface area contributed by atoms with Gasteiger partial charge in [0.05, 0.1) is 6.26 Å². The minimum Gasteiger partial charge on any atom is -0.469 e. The van der Waals surface area contributed by atoms with Gasteiger partial charge in [-0.05, 0) is 56.9 Å². The average Bonchev–Trinajstić information content (AvgIpc) is 2.88. The van der Waals surface area contributed by atoms with Crippen LogP contribution in [0.2, 0.25) is 0 Å². The number of nitrogens with one attached hydrogen (secondary N) is 1. The van der Waals surface area contributed by atoms with Crippen molar-refractivity contribution in [3.63, 3.8) is 0 Å². The summed E-state index contributed by atoms with van der Waals surface area (Å²) in [5.74, 6) is 2.41. The first-order chi connectivity index (χ1) is 8.83. The van der Waals surface area contributed by atoms with Crippen LogP contribution in [-0.4, -0.2) is 24.6 Å². The first kappa shape index (κ1) is 15.6. The van der Waals surface area contributed by atoms with Crippen LogP contribution in [0.15, 0.2) is 22.8 Å². The summed E-state index contributed by atoms with van der Waals surface area (Å²) >= 11 is 1.95. The summed E-state index contributed by atoms with van der Waals surface area (Å²) < 4.78 is 5.33. The van der Waals surface area contributed by atoms with E-state index in [0.717, 1.165) is 25.1 Å². The number of hydrogen-bond acceptors (Lipinski definition) is 3. The van der Waals surface area contributed by atoms with Crippen molar-refractivity contribution in [3.8, 4) is 0 Å². The minimum atomic E-state index is 0.585. The van der Waals surface area contributed by atoms with E-state index in [0.29, 0.717) is 6.04 Å². The molecule has 0 spiro atoms. The molecule has 104 valence electrons. The third kappa shape index (κ3) is 7.83. The molecular weight excluding hydrogens is 242 g/mol. The van der Waals surface area contributed by atoms with Crippen LogP contribution in [0.5, 0.6) is 0 Å². The number of unbranched alkanes of at least 4 members (excludes halogenated alkanes) is 3. The van der Waals surface area contributed by atoms with Crippen LogP contribution in [0.1, 0.15) is 44.8 Å². The highest BCUT2D eigenvalue weighted by molar-refractivity contribution is 7.98. The SMILES string of the molecule is CSCCCCCCNC(C)CCc1ccco1. The van der Waals surface area contributed by atoms with Crippen molar-refractivity contribution in [1.29, 1.82) is 0 Å². The molecular formula is C15H27NOS. The molecule has 0 aliphatic rings. The number of hydrogen-bond donors (Lipinski definition) is 1. The minimum absolute atomic E-state index is 0.585. The first-order valence-corrected chi connectivity index (χ1v) is 8.47. The summed E-state index contributed by atoms with van der Waals surface area (Å²) in [5.41, 5.74) is 0. The molecule has 1 atom stereocenters. The lowest BCUT2D eigenvalue weighted by molar-refractivity contribution is 0.454. The zero-order valence-corrected chi connectivity index (χ0v) is 12.6. The van der Waals surface area contributed by atoms with Crippen molar-refractivity contribution < 1.29 is 4.42 Å². The van der Waals surface area contributed by atoms with Crippen LogP contribution in [0.3, 0.4) is 0 Å². The molecule has 0 bridgehead atoms. The molecule has 0 radical (unpaired) electrons.